The zero-order chi connectivity index (χ0) is 29.9. The molecule has 2 N–H and O–H groups in total. The summed E-state index contributed by atoms with van der Waals surface area (Å²) in [6, 6.07) is 30.9. The second-order valence-electron chi connectivity index (χ2n) is 10.4. The summed E-state index contributed by atoms with van der Waals surface area (Å²) in [7, 11) is 0. The normalized spacial score (nSPS) is 18.4. The highest BCUT2D eigenvalue weighted by molar-refractivity contribution is 8.01. The van der Waals surface area contributed by atoms with Crippen molar-refractivity contribution in [3.63, 3.8) is 0 Å². The maximum Gasteiger partial charge on any atom is 0.275 e. The molecule has 3 atom stereocenters. The first-order valence-electron chi connectivity index (χ1n) is 14.2. The molecule has 2 aromatic heterocycles. The van der Waals surface area contributed by atoms with Gasteiger partial charge in [-0.05, 0) is 47.5 Å². The highest BCUT2D eigenvalue weighted by Gasteiger charge is 2.32. The Kier molecular flexibility index (Phi) is 8.32. The number of nitrogens with one attached hydrogen (secondary N) is 1. The van der Waals surface area contributed by atoms with Gasteiger partial charge in [0.2, 0.25) is 0 Å². The van der Waals surface area contributed by atoms with E-state index in [1.165, 1.54) is 6.20 Å². The van der Waals surface area contributed by atoms with E-state index in [9.17, 15) is 9.90 Å². The van der Waals surface area contributed by atoms with Crippen LogP contribution in [-0.4, -0.2) is 37.8 Å². The van der Waals surface area contributed by atoms with E-state index < -0.39 is 6.29 Å². The molecule has 6 aromatic rings. The molecule has 0 bridgehead atoms. The molecule has 4 aromatic carbocycles. The molecule has 3 unspecified atom stereocenters. The summed E-state index contributed by atoms with van der Waals surface area (Å²) in [5, 5.41) is 12.5. The van der Waals surface area contributed by atoms with Crippen LogP contribution in [0.25, 0.3) is 21.3 Å². The minimum Gasteiger partial charge on any atom is -0.392 e. The van der Waals surface area contributed by atoms with Crippen LogP contribution < -0.4 is 5.32 Å². The molecule has 44 heavy (non-hydrogen) atoms. The third kappa shape index (κ3) is 6.35. The largest absolute Gasteiger partial charge is 0.392 e. The summed E-state index contributed by atoms with van der Waals surface area (Å²) < 4.78 is 15.2. The van der Waals surface area contributed by atoms with E-state index in [-0.39, 0.29) is 30.4 Å². The van der Waals surface area contributed by atoms with Crippen LogP contribution in [0.1, 0.15) is 46.0 Å². The number of hydrogen-bond donors (Lipinski definition) is 2. The Labute approximate surface area is 262 Å². The number of aromatic nitrogens is 3. The van der Waals surface area contributed by atoms with Gasteiger partial charge in [0, 0.05) is 23.4 Å². The van der Waals surface area contributed by atoms with Crippen LogP contribution in [0.2, 0.25) is 0 Å². The minimum atomic E-state index is -0.649. The first-order valence-corrected chi connectivity index (χ1v) is 16.0. The molecule has 8 nitrogen and oxygen atoms in total. The number of aliphatic hydroxyl groups is 1. The van der Waals surface area contributed by atoms with Crippen molar-refractivity contribution in [3.8, 4) is 0 Å². The quantitative estimate of drug-likeness (QED) is 0.171. The molecule has 7 rings (SSSR count). The summed E-state index contributed by atoms with van der Waals surface area (Å²) in [5.41, 5.74) is 5.88. The number of thioether (sulfide) groups is 1. The number of aliphatic hydroxyl groups excluding tert-OH is 1. The Morgan fingerprint density at radius 1 is 0.886 bits per heavy atom. The van der Waals surface area contributed by atoms with Crippen molar-refractivity contribution in [2.75, 3.05) is 11.1 Å². The second-order valence-corrected chi connectivity index (χ2v) is 12.7. The third-order valence-corrected chi connectivity index (χ3v) is 9.69. The van der Waals surface area contributed by atoms with Crippen molar-refractivity contribution < 1.29 is 19.4 Å². The number of benzene rings is 4. The monoisotopic (exact) mass is 620 g/mol. The van der Waals surface area contributed by atoms with Gasteiger partial charge in [-0.1, -0.05) is 72.4 Å². The van der Waals surface area contributed by atoms with Crippen LogP contribution in [-0.2, 0) is 16.1 Å². The lowest BCUT2D eigenvalue weighted by atomic mass is 10.0. The number of amides is 1. The summed E-state index contributed by atoms with van der Waals surface area (Å²) in [6.07, 6.45) is 1.18. The average molecular weight is 621 g/mol. The molecule has 0 radical (unpaired) electrons. The average Bonchev–Trinajstić information content (AvgIpc) is 3.50. The lowest BCUT2D eigenvalue weighted by molar-refractivity contribution is -0.245. The van der Waals surface area contributed by atoms with Gasteiger partial charge >= 0.3 is 0 Å². The van der Waals surface area contributed by atoms with Crippen LogP contribution in [0.5, 0.6) is 0 Å². The van der Waals surface area contributed by atoms with E-state index >= 15 is 0 Å². The molecule has 1 amide bonds. The number of carbonyl (C=O) groups excluding carboxylic acids is 1. The number of nitrogens with zero attached hydrogens (tertiary/aromatic N) is 3. The van der Waals surface area contributed by atoms with E-state index in [0.717, 1.165) is 36.8 Å². The van der Waals surface area contributed by atoms with E-state index in [0.29, 0.717) is 23.4 Å². The summed E-state index contributed by atoms with van der Waals surface area (Å²) in [5.74, 6) is 0.361. The molecule has 0 aliphatic carbocycles. The van der Waals surface area contributed by atoms with Gasteiger partial charge in [-0.3, -0.25) is 9.78 Å². The molecule has 220 valence electrons. The van der Waals surface area contributed by atoms with E-state index in [4.69, 9.17) is 14.5 Å². The summed E-state index contributed by atoms with van der Waals surface area (Å²) in [6.45, 7) is -0.0116. The van der Waals surface area contributed by atoms with E-state index in [1.807, 2.05) is 91.0 Å². The molecule has 0 spiro atoms. The number of anilines is 1. The lowest BCUT2D eigenvalue weighted by Gasteiger charge is -2.36. The van der Waals surface area contributed by atoms with Crippen molar-refractivity contribution in [1.82, 2.24) is 15.0 Å². The van der Waals surface area contributed by atoms with Gasteiger partial charge < -0.3 is 19.9 Å². The topological polar surface area (TPSA) is 106 Å². The smallest absolute Gasteiger partial charge is 0.275 e. The van der Waals surface area contributed by atoms with Crippen LogP contribution in [0.15, 0.2) is 108 Å². The number of ether oxygens (including phenoxy) is 2. The molecule has 0 saturated carbocycles. The molecule has 1 fully saturated rings. The minimum absolute atomic E-state index is 0.0116. The Morgan fingerprint density at radius 3 is 2.50 bits per heavy atom. The number of rotatable bonds is 8. The zero-order valence-corrected chi connectivity index (χ0v) is 25.1. The van der Waals surface area contributed by atoms with Gasteiger partial charge in [-0.25, -0.2) is 9.97 Å². The molecule has 10 heteroatoms. The van der Waals surface area contributed by atoms with Crippen LogP contribution in [0.3, 0.4) is 0 Å². The molecule has 1 saturated heterocycles. The maximum absolute atomic E-state index is 13.1. The van der Waals surface area contributed by atoms with Crippen LogP contribution >= 0.6 is 23.1 Å². The highest BCUT2D eigenvalue weighted by atomic mass is 32.2. The summed E-state index contributed by atoms with van der Waals surface area (Å²) in [4.78, 5) is 26.7. The fourth-order valence-corrected chi connectivity index (χ4v) is 7.24. The zero-order valence-electron chi connectivity index (χ0n) is 23.5. The van der Waals surface area contributed by atoms with Crippen molar-refractivity contribution in [2.45, 2.75) is 35.9 Å². The predicted octanol–water partition coefficient (Wildman–Crippen LogP) is 7.32. The van der Waals surface area contributed by atoms with Crippen molar-refractivity contribution in [1.29, 1.82) is 0 Å². The molecule has 1 aliphatic heterocycles. The Balaban J connectivity index is 1.10. The highest BCUT2D eigenvalue weighted by Crippen LogP contribution is 2.40. The number of hydrogen-bond acceptors (Lipinski definition) is 9. The van der Waals surface area contributed by atoms with Gasteiger partial charge in [0.1, 0.15) is 5.69 Å². The van der Waals surface area contributed by atoms with Gasteiger partial charge in [0.05, 0.1) is 46.3 Å². The van der Waals surface area contributed by atoms with Crippen LogP contribution in [0, 0.1) is 0 Å². The Morgan fingerprint density at radius 2 is 1.68 bits per heavy atom. The van der Waals surface area contributed by atoms with Gasteiger partial charge in [0.25, 0.3) is 5.91 Å². The first kappa shape index (κ1) is 28.6. The number of para-hydroxylation sites is 3. The first-order chi connectivity index (χ1) is 21.6. The number of fused-ring (bicyclic) bond motifs is 2. The number of carbonyl (C=O) groups is 1. The Hall–Kier alpha value is -4.19. The van der Waals surface area contributed by atoms with Crippen molar-refractivity contribution in [2.24, 2.45) is 0 Å². The molecular formula is C34H28N4O4S2. The molecular weight excluding hydrogens is 593 g/mol. The Bertz CT molecular complexity index is 1900. The molecule has 3 heterocycles. The van der Waals surface area contributed by atoms with Gasteiger partial charge in [-0.2, -0.15) is 0 Å². The fourth-order valence-electron chi connectivity index (χ4n) is 5.12. The molecule has 1 aliphatic rings. The lowest BCUT2D eigenvalue weighted by Crippen LogP contribution is -2.31. The maximum atomic E-state index is 13.1. The SMILES string of the molecule is O=C(Nc1cccc(C2OC(CSc3nc4ccccc4s3)CC(c3ccc(CO)cc3)O2)c1)c1cnc2ccccc2n1. The van der Waals surface area contributed by atoms with Crippen molar-refractivity contribution in [3.05, 3.63) is 126 Å². The van der Waals surface area contributed by atoms with Gasteiger partial charge in [-0.15, -0.1) is 11.3 Å². The standard InChI is InChI=1S/C34H28N4O4S2/c39-19-21-12-14-22(15-13-21)30-17-25(20-43-34-38-28-10-3-4-11-31(28)44-34)41-33(42-30)23-6-5-7-24(16-23)36-32(40)29-18-35-26-8-1-2-9-27(26)37-29/h1-16,18,25,30,33,39H,17,19-20H2,(H,36,40). The fraction of sp³-hybridized carbons (Fsp3) is 0.176. The van der Waals surface area contributed by atoms with Crippen LogP contribution in [0.4, 0.5) is 5.69 Å². The van der Waals surface area contributed by atoms with Gasteiger partial charge in [0.15, 0.2) is 10.6 Å². The number of thiazole rings is 1. The van der Waals surface area contributed by atoms with Crippen molar-refractivity contribution >= 4 is 55.9 Å². The third-order valence-electron chi connectivity index (χ3n) is 7.38. The predicted molar refractivity (Wildman–Crippen MR) is 173 cm³/mol. The summed E-state index contributed by atoms with van der Waals surface area (Å²) >= 11 is 3.37. The second kappa shape index (κ2) is 12.8. The van der Waals surface area contributed by atoms with E-state index in [1.54, 1.807) is 23.1 Å². The van der Waals surface area contributed by atoms with E-state index in [2.05, 4.69) is 21.4 Å².